The van der Waals surface area contributed by atoms with Gasteiger partial charge in [-0.3, -0.25) is 4.90 Å². The standard InChI is InChI=1S/C23H27N3O5/c1-2-28-18-6-3-4-7-19(18)30-21-11-16-13-26(12-15(16)10-17(21)27)14-22-24-23(25-31-22)20-8-5-9-29-20/h3-9,15-17,21,27H,2,10-14H2,1H3/t15-,16+,17+,21+/m0/s1. The molecule has 0 unspecified atom stereocenters. The van der Waals surface area contributed by atoms with Crippen LogP contribution in [0.2, 0.25) is 0 Å². The number of hydrogen-bond donors (Lipinski definition) is 1. The Labute approximate surface area is 180 Å². The molecule has 31 heavy (non-hydrogen) atoms. The van der Waals surface area contributed by atoms with Crippen molar-refractivity contribution in [3.63, 3.8) is 0 Å². The van der Waals surface area contributed by atoms with Gasteiger partial charge in [0, 0.05) is 13.1 Å². The van der Waals surface area contributed by atoms with Crippen molar-refractivity contribution >= 4 is 0 Å². The molecular formula is C23H27N3O5. The Kier molecular flexibility index (Phi) is 5.65. The molecule has 2 aromatic heterocycles. The van der Waals surface area contributed by atoms with Crippen LogP contribution >= 0.6 is 0 Å². The average Bonchev–Trinajstić information content (AvgIpc) is 3.51. The first-order valence-electron chi connectivity index (χ1n) is 10.8. The summed E-state index contributed by atoms with van der Waals surface area (Å²) in [4.78, 5) is 6.76. The summed E-state index contributed by atoms with van der Waals surface area (Å²) in [5.74, 6) is 3.94. The average molecular weight is 425 g/mol. The molecule has 1 aliphatic heterocycles. The lowest BCUT2D eigenvalue weighted by atomic mass is 9.78. The predicted molar refractivity (Wildman–Crippen MR) is 112 cm³/mol. The molecule has 3 aromatic rings. The van der Waals surface area contributed by atoms with E-state index in [0.717, 1.165) is 31.7 Å². The van der Waals surface area contributed by atoms with Gasteiger partial charge in [-0.25, -0.2) is 0 Å². The maximum absolute atomic E-state index is 10.7. The quantitative estimate of drug-likeness (QED) is 0.616. The van der Waals surface area contributed by atoms with E-state index < -0.39 is 6.10 Å². The molecule has 0 bridgehead atoms. The molecular weight excluding hydrogens is 398 g/mol. The minimum Gasteiger partial charge on any atom is -0.490 e. The number of hydrogen-bond acceptors (Lipinski definition) is 8. The van der Waals surface area contributed by atoms with Crippen LogP contribution in [0.1, 0.15) is 25.7 Å². The van der Waals surface area contributed by atoms with Crippen LogP contribution in [0.25, 0.3) is 11.6 Å². The Hall–Kier alpha value is -2.84. The number of rotatable bonds is 7. The lowest BCUT2D eigenvalue weighted by Gasteiger charge is -2.35. The van der Waals surface area contributed by atoms with Crippen molar-refractivity contribution < 1.29 is 23.5 Å². The highest BCUT2D eigenvalue weighted by Crippen LogP contribution is 2.39. The van der Waals surface area contributed by atoms with Gasteiger partial charge in [0.05, 0.1) is 25.5 Å². The first-order chi connectivity index (χ1) is 15.2. The molecule has 1 saturated heterocycles. The number of nitrogens with zero attached hydrogens (tertiary/aromatic N) is 3. The SMILES string of the molecule is CCOc1ccccc1O[C@@H]1C[C@@H]2CN(Cc3nc(-c4ccco4)no3)C[C@@H]2C[C@H]1O. The fourth-order valence-electron chi connectivity index (χ4n) is 4.74. The molecule has 1 N–H and O–H groups in total. The van der Waals surface area contributed by atoms with Gasteiger partial charge < -0.3 is 23.5 Å². The van der Waals surface area contributed by atoms with Gasteiger partial charge in [0.15, 0.2) is 17.3 Å². The third-order valence-electron chi connectivity index (χ3n) is 6.16. The first-order valence-corrected chi connectivity index (χ1v) is 10.8. The van der Waals surface area contributed by atoms with E-state index in [2.05, 4.69) is 15.0 Å². The maximum Gasteiger partial charge on any atom is 0.241 e. The van der Waals surface area contributed by atoms with Crippen molar-refractivity contribution in [1.82, 2.24) is 15.0 Å². The number of aromatic nitrogens is 2. The summed E-state index contributed by atoms with van der Waals surface area (Å²) >= 11 is 0. The number of aliphatic hydroxyl groups is 1. The van der Waals surface area contributed by atoms with Crippen LogP contribution in [0.3, 0.4) is 0 Å². The van der Waals surface area contributed by atoms with Crippen LogP contribution in [-0.2, 0) is 6.54 Å². The molecule has 1 aromatic carbocycles. The lowest BCUT2D eigenvalue weighted by Crippen LogP contribution is -2.42. The first kappa shape index (κ1) is 20.1. The van der Waals surface area contributed by atoms with Gasteiger partial charge in [0.25, 0.3) is 0 Å². The number of fused-ring (bicyclic) bond motifs is 1. The lowest BCUT2D eigenvalue weighted by molar-refractivity contribution is -0.0242. The fraction of sp³-hybridized carbons (Fsp3) is 0.478. The topological polar surface area (TPSA) is 94.0 Å². The van der Waals surface area contributed by atoms with Crippen LogP contribution < -0.4 is 9.47 Å². The molecule has 0 radical (unpaired) electrons. The zero-order valence-electron chi connectivity index (χ0n) is 17.5. The minimum absolute atomic E-state index is 0.239. The molecule has 2 fully saturated rings. The summed E-state index contributed by atoms with van der Waals surface area (Å²) in [5.41, 5.74) is 0. The molecule has 8 nitrogen and oxygen atoms in total. The Morgan fingerprint density at radius 1 is 1.10 bits per heavy atom. The molecule has 2 aliphatic rings. The van der Waals surface area contributed by atoms with Crippen molar-refractivity contribution in [3.8, 4) is 23.1 Å². The second-order valence-corrected chi connectivity index (χ2v) is 8.28. The van der Waals surface area contributed by atoms with E-state index in [9.17, 15) is 5.11 Å². The van der Waals surface area contributed by atoms with Crippen LogP contribution in [-0.4, -0.2) is 52.1 Å². The molecule has 5 rings (SSSR count). The second-order valence-electron chi connectivity index (χ2n) is 8.28. The van der Waals surface area contributed by atoms with Crippen molar-refractivity contribution in [2.24, 2.45) is 11.8 Å². The highest BCUT2D eigenvalue weighted by atomic mass is 16.5. The second kappa shape index (κ2) is 8.72. The van der Waals surface area contributed by atoms with Crippen LogP contribution in [0.15, 0.2) is 51.6 Å². The van der Waals surface area contributed by atoms with Crippen LogP contribution in [0.5, 0.6) is 11.5 Å². The Morgan fingerprint density at radius 2 is 1.90 bits per heavy atom. The van der Waals surface area contributed by atoms with Crippen molar-refractivity contribution in [2.45, 2.75) is 38.5 Å². The third kappa shape index (κ3) is 4.31. The van der Waals surface area contributed by atoms with Crippen LogP contribution in [0, 0.1) is 11.8 Å². The van der Waals surface area contributed by atoms with Crippen molar-refractivity contribution in [1.29, 1.82) is 0 Å². The van der Waals surface area contributed by atoms with Crippen LogP contribution in [0.4, 0.5) is 0 Å². The van der Waals surface area contributed by atoms with E-state index in [0.29, 0.717) is 48.2 Å². The number of likely N-dealkylation sites (tertiary alicyclic amines) is 1. The highest BCUT2D eigenvalue weighted by molar-refractivity contribution is 5.44. The van der Waals surface area contributed by atoms with E-state index in [-0.39, 0.29) is 6.10 Å². The normalized spacial score (nSPS) is 26.0. The zero-order valence-corrected chi connectivity index (χ0v) is 17.5. The molecule has 1 saturated carbocycles. The van der Waals surface area contributed by atoms with E-state index in [1.165, 1.54) is 0 Å². The van der Waals surface area contributed by atoms with Crippen molar-refractivity contribution in [3.05, 3.63) is 48.6 Å². The minimum atomic E-state index is -0.496. The third-order valence-corrected chi connectivity index (χ3v) is 6.16. The number of furan rings is 1. The molecule has 0 spiro atoms. The predicted octanol–water partition coefficient (Wildman–Crippen LogP) is 3.38. The van der Waals surface area contributed by atoms with Gasteiger partial charge in [-0.05, 0) is 55.9 Å². The fourth-order valence-corrected chi connectivity index (χ4v) is 4.74. The van der Waals surface area contributed by atoms with Gasteiger partial charge in [0.1, 0.15) is 6.10 Å². The summed E-state index contributed by atoms with van der Waals surface area (Å²) in [5, 5.41) is 14.8. The van der Waals surface area contributed by atoms with E-state index >= 15 is 0 Å². The Balaban J connectivity index is 1.21. The molecule has 3 heterocycles. The Bertz CT molecular complexity index is 989. The van der Waals surface area contributed by atoms with Gasteiger partial charge in [-0.2, -0.15) is 4.98 Å². The Morgan fingerprint density at radius 3 is 2.68 bits per heavy atom. The number of ether oxygens (including phenoxy) is 2. The summed E-state index contributed by atoms with van der Waals surface area (Å²) in [6, 6.07) is 11.3. The summed E-state index contributed by atoms with van der Waals surface area (Å²) in [6.45, 7) is 4.94. The monoisotopic (exact) mass is 425 g/mol. The smallest absolute Gasteiger partial charge is 0.241 e. The summed E-state index contributed by atoms with van der Waals surface area (Å²) in [7, 11) is 0. The molecule has 4 atom stereocenters. The molecule has 0 amide bonds. The number of aliphatic hydroxyl groups excluding tert-OH is 1. The maximum atomic E-state index is 10.7. The number of para-hydroxylation sites is 2. The summed E-state index contributed by atoms with van der Waals surface area (Å²) in [6.07, 6.45) is 2.39. The van der Waals surface area contributed by atoms with E-state index in [4.69, 9.17) is 18.4 Å². The molecule has 8 heteroatoms. The van der Waals surface area contributed by atoms with Gasteiger partial charge >= 0.3 is 0 Å². The van der Waals surface area contributed by atoms with E-state index in [1.54, 1.807) is 12.3 Å². The van der Waals surface area contributed by atoms with E-state index in [1.807, 2.05) is 37.3 Å². The largest absolute Gasteiger partial charge is 0.490 e. The highest BCUT2D eigenvalue weighted by Gasteiger charge is 2.43. The van der Waals surface area contributed by atoms with Gasteiger partial charge in [-0.15, -0.1) is 0 Å². The zero-order chi connectivity index (χ0) is 21.2. The van der Waals surface area contributed by atoms with Gasteiger partial charge in [-0.1, -0.05) is 17.3 Å². The molecule has 1 aliphatic carbocycles. The van der Waals surface area contributed by atoms with Crippen molar-refractivity contribution in [2.75, 3.05) is 19.7 Å². The van der Waals surface area contributed by atoms with Gasteiger partial charge in [0.2, 0.25) is 11.7 Å². The molecule has 164 valence electrons. The number of benzene rings is 1. The summed E-state index contributed by atoms with van der Waals surface area (Å²) < 4.78 is 22.6.